The molecule has 52 heavy (non-hydrogen) atoms. The topological polar surface area (TPSA) is 108 Å². The minimum atomic E-state index is -4.36. The fourth-order valence-electron chi connectivity index (χ4n) is 6.19. The zero-order valence-corrected chi connectivity index (χ0v) is 35.7. The third-order valence-corrected chi connectivity index (χ3v) is 10.6. The molecular weight excluding hydrogens is 677 g/mol. The molecular formula is C42H85NO8P+. The average molecular weight is 763 g/mol. The number of phosphoric acid groups is 1. The summed E-state index contributed by atoms with van der Waals surface area (Å²) < 4.78 is 34.2. The smallest absolute Gasteiger partial charge is 0.462 e. The lowest BCUT2D eigenvalue weighted by atomic mass is 10.0. The normalized spacial score (nSPS) is 13.6. The van der Waals surface area contributed by atoms with Crippen LogP contribution < -0.4 is 0 Å². The van der Waals surface area contributed by atoms with Crippen LogP contribution in [0.25, 0.3) is 0 Å². The number of esters is 2. The summed E-state index contributed by atoms with van der Waals surface area (Å²) in [4.78, 5) is 35.1. The van der Waals surface area contributed by atoms with Crippen molar-refractivity contribution in [3.05, 3.63) is 0 Å². The largest absolute Gasteiger partial charge is 0.472 e. The molecule has 0 amide bonds. The Hall–Kier alpha value is -0.990. The third-order valence-electron chi connectivity index (χ3n) is 9.64. The van der Waals surface area contributed by atoms with E-state index >= 15 is 0 Å². The van der Waals surface area contributed by atoms with Gasteiger partial charge in [-0.1, -0.05) is 181 Å². The molecule has 1 N–H and O–H groups in total. The number of likely N-dealkylation sites (N-methyl/N-ethyl adjacent to an activating group) is 1. The highest BCUT2D eigenvalue weighted by Crippen LogP contribution is 2.43. The van der Waals surface area contributed by atoms with Gasteiger partial charge in [-0.05, 0) is 12.8 Å². The van der Waals surface area contributed by atoms with Crippen LogP contribution in [-0.4, -0.2) is 74.9 Å². The van der Waals surface area contributed by atoms with Gasteiger partial charge in [0.15, 0.2) is 6.10 Å². The molecule has 9 nitrogen and oxygen atoms in total. The lowest BCUT2D eigenvalue weighted by molar-refractivity contribution is -0.870. The van der Waals surface area contributed by atoms with Crippen molar-refractivity contribution in [1.82, 2.24) is 0 Å². The number of carbonyl (C=O) groups excluding carboxylic acids is 2. The van der Waals surface area contributed by atoms with Gasteiger partial charge in [0.2, 0.25) is 0 Å². The van der Waals surface area contributed by atoms with E-state index in [2.05, 4.69) is 13.8 Å². The Bertz CT molecular complexity index is 865. The molecule has 0 aliphatic carbocycles. The number of phosphoric ester groups is 1. The van der Waals surface area contributed by atoms with E-state index in [0.717, 1.165) is 38.5 Å². The molecule has 0 aromatic carbocycles. The summed E-state index contributed by atoms with van der Waals surface area (Å²) in [6.45, 7) is 4.40. The van der Waals surface area contributed by atoms with Crippen LogP contribution in [-0.2, 0) is 32.7 Å². The molecule has 10 heteroatoms. The predicted molar refractivity (Wildman–Crippen MR) is 215 cm³/mol. The summed E-state index contributed by atoms with van der Waals surface area (Å²) in [5.41, 5.74) is 0. The van der Waals surface area contributed by atoms with Crippen LogP contribution in [0.1, 0.15) is 206 Å². The van der Waals surface area contributed by atoms with Crippen molar-refractivity contribution in [2.75, 3.05) is 47.5 Å². The summed E-state index contributed by atoms with van der Waals surface area (Å²) in [6.07, 6.45) is 34.6. The Morgan fingerprint density at radius 3 is 1.23 bits per heavy atom. The van der Waals surface area contributed by atoms with Crippen LogP contribution >= 0.6 is 7.82 Å². The number of nitrogens with zero attached hydrogens (tertiary/aromatic N) is 1. The minimum absolute atomic E-state index is 0.0363. The molecule has 2 atom stereocenters. The first kappa shape index (κ1) is 51.0. The second-order valence-electron chi connectivity index (χ2n) is 16.1. The molecule has 310 valence electrons. The van der Waals surface area contributed by atoms with E-state index in [-0.39, 0.29) is 25.6 Å². The molecule has 0 bridgehead atoms. The van der Waals surface area contributed by atoms with Crippen molar-refractivity contribution in [2.24, 2.45) is 0 Å². The molecule has 0 aliphatic rings. The molecule has 0 saturated carbocycles. The summed E-state index contributed by atoms with van der Waals surface area (Å²) in [6, 6.07) is 0. The van der Waals surface area contributed by atoms with E-state index in [1.165, 1.54) is 141 Å². The van der Waals surface area contributed by atoms with Gasteiger partial charge in [-0.2, -0.15) is 0 Å². The van der Waals surface area contributed by atoms with Crippen LogP contribution in [0.3, 0.4) is 0 Å². The second-order valence-corrected chi connectivity index (χ2v) is 17.6. The van der Waals surface area contributed by atoms with Crippen LogP contribution in [0.2, 0.25) is 0 Å². The predicted octanol–water partition coefficient (Wildman–Crippen LogP) is 12.0. The lowest BCUT2D eigenvalue weighted by Crippen LogP contribution is -2.37. The van der Waals surface area contributed by atoms with Crippen LogP contribution in [0.15, 0.2) is 0 Å². The number of quaternary nitrogens is 1. The second kappa shape index (κ2) is 35.7. The maximum Gasteiger partial charge on any atom is 0.472 e. The first-order valence-electron chi connectivity index (χ1n) is 21.8. The highest BCUT2D eigenvalue weighted by Gasteiger charge is 2.27. The Kier molecular flexibility index (Phi) is 35.0. The van der Waals surface area contributed by atoms with E-state index in [1.807, 2.05) is 21.1 Å². The number of hydrogen-bond acceptors (Lipinski definition) is 7. The summed E-state index contributed by atoms with van der Waals surface area (Å²) in [7, 11) is 1.49. The van der Waals surface area contributed by atoms with Gasteiger partial charge < -0.3 is 18.9 Å². The van der Waals surface area contributed by atoms with Crippen LogP contribution in [0.4, 0.5) is 0 Å². The van der Waals surface area contributed by atoms with E-state index in [1.54, 1.807) is 0 Å². The Labute approximate surface area is 321 Å². The summed E-state index contributed by atoms with van der Waals surface area (Å²) >= 11 is 0. The van der Waals surface area contributed by atoms with Crippen molar-refractivity contribution < 1.29 is 42.1 Å². The summed E-state index contributed by atoms with van der Waals surface area (Å²) in [5, 5.41) is 0. The zero-order valence-electron chi connectivity index (χ0n) is 34.8. The first-order chi connectivity index (χ1) is 25.0. The molecule has 0 aromatic heterocycles. The number of rotatable bonds is 40. The van der Waals surface area contributed by atoms with Crippen molar-refractivity contribution in [1.29, 1.82) is 0 Å². The number of hydrogen-bond donors (Lipinski definition) is 1. The standard InChI is InChI=1S/C42H84NO8P/c1-6-8-10-12-14-15-16-17-18-19-20-21-22-23-24-25-26-27-29-31-33-35-42(45)51-40(39-50-52(46,47)49-37-36-43(3,4)5)38-48-41(44)34-32-30-28-13-11-9-7-2/h40H,6-39H2,1-5H3/p+1/t40-/m1/s1. The third kappa shape index (κ3) is 38.7. The van der Waals surface area contributed by atoms with Gasteiger partial charge in [0.25, 0.3) is 0 Å². The van der Waals surface area contributed by atoms with Crippen molar-refractivity contribution in [3.8, 4) is 0 Å². The number of carbonyl (C=O) groups is 2. The molecule has 0 heterocycles. The van der Waals surface area contributed by atoms with E-state index in [9.17, 15) is 19.0 Å². The quantitative estimate of drug-likeness (QED) is 0.0284. The van der Waals surface area contributed by atoms with Gasteiger partial charge >= 0.3 is 19.8 Å². The molecule has 0 rings (SSSR count). The highest BCUT2D eigenvalue weighted by molar-refractivity contribution is 7.47. The highest BCUT2D eigenvalue weighted by atomic mass is 31.2. The van der Waals surface area contributed by atoms with Gasteiger partial charge in [-0.3, -0.25) is 18.6 Å². The monoisotopic (exact) mass is 763 g/mol. The molecule has 1 unspecified atom stereocenters. The Morgan fingerprint density at radius 1 is 0.519 bits per heavy atom. The molecule has 0 aromatic rings. The van der Waals surface area contributed by atoms with E-state index in [4.69, 9.17) is 18.5 Å². The van der Waals surface area contributed by atoms with Crippen molar-refractivity contribution >= 4 is 19.8 Å². The zero-order chi connectivity index (χ0) is 38.6. The lowest BCUT2D eigenvalue weighted by Gasteiger charge is -2.24. The SMILES string of the molecule is CCCCCCCCCCCCCCCCCCCCCCCC(=O)O[C@H](COC(=O)CCCCCCCCC)COP(=O)(O)OCC[N+](C)(C)C. The van der Waals surface area contributed by atoms with E-state index in [0.29, 0.717) is 17.4 Å². The van der Waals surface area contributed by atoms with Gasteiger partial charge in [0.05, 0.1) is 27.7 Å². The molecule has 0 radical (unpaired) electrons. The van der Waals surface area contributed by atoms with Gasteiger partial charge in [-0.15, -0.1) is 0 Å². The van der Waals surface area contributed by atoms with Crippen molar-refractivity contribution in [2.45, 2.75) is 213 Å². The van der Waals surface area contributed by atoms with Gasteiger partial charge in [0.1, 0.15) is 19.8 Å². The fraction of sp³-hybridized carbons (Fsp3) is 0.952. The average Bonchev–Trinajstić information content (AvgIpc) is 3.09. The Morgan fingerprint density at radius 2 is 0.865 bits per heavy atom. The van der Waals surface area contributed by atoms with Gasteiger partial charge in [0, 0.05) is 12.8 Å². The van der Waals surface area contributed by atoms with Gasteiger partial charge in [-0.25, -0.2) is 4.57 Å². The first-order valence-corrected chi connectivity index (χ1v) is 23.3. The molecule has 0 fully saturated rings. The maximum atomic E-state index is 12.6. The van der Waals surface area contributed by atoms with E-state index < -0.39 is 26.5 Å². The number of unbranched alkanes of at least 4 members (excludes halogenated alkanes) is 26. The Balaban J connectivity index is 4.15. The van der Waals surface area contributed by atoms with Crippen LogP contribution in [0.5, 0.6) is 0 Å². The molecule has 0 saturated heterocycles. The van der Waals surface area contributed by atoms with Crippen molar-refractivity contribution in [3.63, 3.8) is 0 Å². The maximum absolute atomic E-state index is 12.6. The molecule has 0 aliphatic heterocycles. The minimum Gasteiger partial charge on any atom is -0.462 e. The fourth-order valence-corrected chi connectivity index (χ4v) is 6.93. The number of ether oxygens (including phenoxy) is 2. The van der Waals surface area contributed by atoms with Crippen LogP contribution in [0, 0.1) is 0 Å². The summed E-state index contributed by atoms with van der Waals surface area (Å²) in [5.74, 6) is -0.793. The molecule has 0 spiro atoms.